The number of esters is 1. The van der Waals surface area contributed by atoms with E-state index < -0.39 is 0 Å². The van der Waals surface area contributed by atoms with Crippen LogP contribution in [0.1, 0.15) is 78.7 Å². The molecule has 1 saturated carbocycles. The fourth-order valence-electron chi connectivity index (χ4n) is 4.64. The van der Waals surface area contributed by atoms with E-state index in [0.717, 1.165) is 50.4 Å². The lowest BCUT2D eigenvalue weighted by atomic mass is 9.77. The molecule has 0 amide bonds. The smallest absolute Gasteiger partial charge is 0.457 e. The van der Waals surface area contributed by atoms with Crippen LogP contribution in [0.15, 0.2) is 30.3 Å². The van der Waals surface area contributed by atoms with Crippen molar-refractivity contribution in [3.8, 4) is 0 Å². The zero-order valence-electron chi connectivity index (χ0n) is 18.8. The summed E-state index contributed by atoms with van der Waals surface area (Å²) in [6, 6.07) is 9.94. The van der Waals surface area contributed by atoms with E-state index in [-0.39, 0.29) is 29.7 Å². The van der Waals surface area contributed by atoms with E-state index in [1.807, 2.05) is 30.3 Å². The van der Waals surface area contributed by atoms with E-state index in [1.165, 1.54) is 0 Å². The maximum atomic E-state index is 13.0. The van der Waals surface area contributed by atoms with Gasteiger partial charge in [-0.3, -0.25) is 4.79 Å². The van der Waals surface area contributed by atoms with Crippen LogP contribution in [0.3, 0.4) is 0 Å². The fraction of sp³-hybridized carbons (Fsp3) is 0.708. The molecule has 1 heterocycles. The molecule has 29 heavy (non-hydrogen) atoms. The fourth-order valence-corrected chi connectivity index (χ4v) is 4.64. The van der Waals surface area contributed by atoms with Gasteiger partial charge in [-0.1, -0.05) is 50.1 Å². The van der Waals surface area contributed by atoms with Gasteiger partial charge in [0.25, 0.3) is 0 Å². The van der Waals surface area contributed by atoms with Crippen molar-refractivity contribution in [3.05, 3.63) is 35.9 Å². The third kappa shape index (κ3) is 5.24. The van der Waals surface area contributed by atoms with Crippen LogP contribution in [-0.4, -0.2) is 24.3 Å². The maximum Gasteiger partial charge on any atom is 0.457 e. The van der Waals surface area contributed by atoms with Crippen LogP contribution in [0.4, 0.5) is 0 Å². The Kier molecular flexibility index (Phi) is 6.79. The highest BCUT2D eigenvalue weighted by atomic mass is 16.7. The van der Waals surface area contributed by atoms with Crippen LogP contribution < -0.4 is 0 Å². The zero-order valence-corrected chi connectivity index (χ0v) is 18.8. The highest BCUT2D eigenvalue weighted by Gasteiger charge is 2.50. The van der Waals surface area contributed by atoms with E-state index in [4.69, 9.17) is 14.0 Å². The first-order valence-electron chi connectivity index (χ1n) is 11.2. The molecule has 2 aliphatic rings. The largest absolute Gasteiger partial charge is 0.460 e. The number of hydrogen-bond donors (Lipinski definition) is 0. The van der Waals surface area contributed by atoms with Gasteiger partial charge in [0.1, 0.15) is 6.61 Å². The van der Waals surface area contributed by atoms with E-state index in [9.17, 15) is 4.79 Å². The van der Waals surface area contributed by atoms with Gasteiger partial charge in [0.2, 0.25) is 0 Å². The number of hydrogen-bond acceptors (Lipinski definition) is 4. The van der Waals surface area contributed by atoms with Gasteiger partial charge < -0.3 is 14.0 Å². The summed E-state index contributed by atoms with van der Waals surface area (Å²) >= 11 is 0. The van der Waals surface area contributed by atoms with Crippen molar-refractivity contribution in [2.45, 2.75) is 97.3 Å². The molecule has 1 aromatic carbocycles. The Labute approximate surface area is 176 Å². The van der Waals surface area contributed by atoms with Gasteiger partial charge in [-0.25, -0.2) is 0 Å². The summed E-state index contributed by atoms with van der Waals surface area (Å²) < 4.78 is 18.0. The Bertz CT molecular complexity index is 671. The van der Waals surface area contributed by atoms with Gasteiger partial charge in [-0.05, 0) is 71.2 Å². The second kappa shape index (κ2) is 8.81. The molecular formula is C24H37BO4. The Morgan fingerprint density at radius 3 is 2.34 bits per heavy atom. The predicted molar refractivity (Wildman–Crippen MR) is 116 cm³/mol. The molecule has 0 N–H and O–H groups in total. The van der Waals surface area contributed by atoms with E-state index >= 15 is 0 Å². The van der Waals surface area contributed by atoms with Crippen molar-refractivity contribution < 1.29 is 18.8 Å². The lowest BCUT2D eigenvalue weighted by Crippen LogP contribution is -2.41. The Hall–Kier alpha value is -1.33. The SMILES string of the molecule is C[C@@H]1CC[C@@](CCCCB2OC(C)(C)C(C)(C)O2)(C(=O)OCc2ccccc2)C1. The standard InChI is InChI=1S/C24H37BO4/c1-19-13-15-24(17-19,21(26)27-18-20-11-7-6-8-12-20)14-9-10-16-25-28-22(2,3)23(4,5)29-25/h6-8,11-12,19H,9-10,13-18H2,1-5H3/t19-,24-/m1/s1. The lowest BCUT2D eigenvalue weighted by Gasteiger charge is -2.32. The molecular weight excluding hydrogens is 363 g/mol. The normalized spacial score (nSPS) is 27.9. The van der Waals surface area contributed by atoms with Crippen LogP contribution in [0, 0.1) is 11.3 Å². The van der Waals surface area contributed by atoms with E-state index in [2.05, 4.69) is 34.6 Å². The number of unbranched alkanes of at least 4 members (excludes halogenated alkanes) is 1. The minimum Gasteiger partial charge on any atom is -0.460 e. The summed E-state index contributed by atoms with van der Waals surface area (Å²) in [5.41, 5.74) is 0.175. The third-order valence-corrected chi connectivity index (χ3v) is 7.15. The molecule has 5 heteroatoms. The highest BCUT2D eigenvalue weighted by molar-refractivity contribution is 6.45. The molecule has 0 bridgehead atoms. The molecule has 160 valence electrons. The van der Waals surface area contributed by atoms with Crippen molar-refractivity contribution >= 4 is 13.1 Å². The molecule has 0 spiro atoms. The molecule has 2 fully saturated rings. The molecule has 3 rings (SSSR count). The Morgan fingerprint density at radius 2 is 1.76 bits per heavy atom. The second-order valence-electron chi connectivity index (χ2n) is 10.1. The van der Waals surface area contributed by atoms with Crippen molar-refractivity contribution in [1.29, 1.82) is 0 Å². The summed E-state index contributed by atoms with van der Waals surface area (Å²) in [6.45, 7) is 11.0. The van der Waals surface area contributed by atoms with Gasteiger partial charge in [0.05, 0.1) is 16.6 Å². The minimum atomic E-state index is -0.315. The average molecular weight is 400 g/mol. The van der Waals surface area contributed by atoms with E-state index in [1.54, 1.807) is 0 Å². The summed E-state index contributed by atoms with van der Waals surface area (Å²) in [7, 11) is -0.150. The van der Waals surface area contributed by atoms with Crippen LogP contribution >= 0.6 is 0 Å². The monoisotopic (exact) mass is 400 g/mol. The molecule has 1 saturated heterocycles. The number of carbonyl (C=O) groups excluding carboxylic acids is 1. The molecule has 4 nitrogen and oxygen atoms in total. The molecule has 0 aromatic heterocycles. The second-order valence-corrected chi connectivity index (χ2v) is 10.1. The molecule has 0 radical (unpaired) electrons. The number of carbonyl (C=O) groups is 1. The summed E-state index contributed by atoms with van der Waals surface area (Å²) in [4.78, 5) is 13.0. The molecule has 1 aliphatic heterocycles. The Balaban J connectivity index is 1.49. The van der Waals surface area contributed by atoms with Crippen molar-refractivity contribution in [1.82, 2.24) is 0 Å². The highest BCUT2D eigenvalue weighted by Crippen LogP contribution is 2.47. The van der Waals surface area contributed by atoms with Crippen LogP contribution in [-0.2, 0) is 25.4 Å². The lowest BCUT2D eigenvalue weighted by molar-refractivity contribution is -0.157. The van der Waals surface area contributed by atoms with Gasteiger partial charge >= 0.3 is 13.1 Å². The maximum absolute atomic E-state index is 13.0. The first-order valence-corrected chi connectivity index (χ1v) is 11.2. The van der Waals surface area contributed by atoms with Crippen LogP contribution in [0.25, 0.3) is 0 Å². The van der Waals surface area contributed by atoms with Crippen LogP contribution in [0.5, 0.6) is 0 Å². The number of benzene rings is 1. The van der Waals surface area contributed by atoms with Crippen molar-refractivity contribution in [2.75, 3.05) is 0 Å². The molecule has 1 aromatic rings. The average Bonchev–Trinajstić information content (AvgIpc) is 3.14. The first-order chi connectivity index (χ1) is 13.6. The quantitative estimate of drug-likeness (QED) is 0.314. The number of rotatable bonds is 8. The Morgan fingerprint density at radius 1 is 1.10 bits per heavy atom. The van der Waals surface area contributed by atoms with Gasteiger partial charge in [-0.15, -0.1) is 0 Å². The van der Waals surface area contributed by atoms with Gasteiger partial charge in [-0.2, -0.15) is 0 Å². The van der Waals surface area contributed by atoms with Gasteiger partial charge in [0.15, 0.2) is 0 Å². The van der Waals surface area contributed by atoms with Crippen molar-refractivity contribution in [3.63, 3.8) is 0 Å². The molecule has 2 atom stereocenters. The van der Waals surface area contributed by atoms with Crippen LogP contribution in [0.2, 0.25) is 6.32 Å². The predicted octanol–water partition coefficient (Wildman–Crippen LogP) is 5.80. The summed E-state index contributed by atoms with van der Waals surface area (Å²) in [5, 5.41) is 0. The topological polar surface area (TPSA) is 44.8 Å². The number of ether oxygens (including phenoxy) is 1. The zero-order chi connectivity index (χ0) is 21.1. The summed E-state index contributed by atoms with van der Waals surface area (Å²) in [5.74, 6) is 0.573. The van der Waals surface area contributed by atoms with E-state index in [0.29, 0.717) is 12.5 Å². The van der Waals surface area contributed by atoms with Gasteiger partial charge in [0, 0.05) is 0 Å². The third-order valence-electron chi connectivity index (χ3n) is 7.15. The minimum absolute atomic E-state index is 0.0127. The first kappa shape index (κ1) is 22.4. The summed E-state index contributed by atoms with van der Waals surface area (Å²) in [6.07, 6.45) is 6.76. The molecule has 0 unspecified atom stereocenters. The molecule has 1 aliphatic carbocycles. The van der Waals surface area contributed by atoms with Crippen molar-refractivity contribution in [2.24, 2.45) is 11.3 Å².